The summed E-state index contributed by atoms with van der Waals surface area (Å²) < 4.78 is 5.47. The number of aryl methyl sites for hydroxylation is 3. The highest BCUT2D eigenvalue weighted by Crippen LogP contribution is 2.19. The molecule has 1 amide bonds. The van der Waals surface area contributed by atoms with Crippen molar-refractivity contribution < 1.29 is 14.3 Å². The molecule has 1 heterocycles. The van der Waals surface area contributed by atoms with Crippen LogP contribution < -0.4 is 5.32 Å². The Morgan fingerprint density at radius 3 is 2.48 bits per heavy atom. The molecule has 0 radical (unpaired) electrons. The number of benzene rings is 1. The van der Waals surface area contributed by atoms with Crippen LogP contribution in [-0.2, 0) is 9.53 Å². The third-order valence-corrected chi connectivity index (χ3v) is 4.31. The van der Waals surface area contributed by atoms with Crippen LogP contribution in [0.4, 0.5) is 0 Å². The summed E-state index contributed by atoms with van der Waals surface area (Å²) in [6, 6.07) is 4.07. The van der Waals surface area contributed by atoms with Gasteiger partial charge in [0.05, 0.1) is 6.10 Å². The highest BCUT2D eigenvalue weighted by molar-refractivity contribution is 5.99. The maximum absolute atomic E-state index is 12.4. The van der Waals surface area contributed by atoms with Crippen molar-refractivity contribution in [1.29, 1.82) is 0 Å². The van der Waals surface area contributed by atoms with Gasteiger partial charge in [-0.15, -0.1) is 0 Å². The topological polar surface area (TPSA) is 55.4 Å². The molecule has 1 fully saturated rings. The van der Waals surface area contributed by atoms with E-state index in [4.69, 9.17) is 4.74 Å². The third-order valence-electron chi connectivity index (χ3n) is 4.31. The van der Waals surface area contributed by atoms with Crippen molar-refractivity contribution in [2.75, 3.05) is 13.2 Å². The molecule has 4 heteroatoms. The zero-order chi connectivity index (χ0) is 16.8. The van der Waals surface area contributed by atoms with E-state index in [1.165, 1.54) is 5.56 Å². The van der Waals surface area contributed by atoms with Crippen molar-refractivity contribution in [3.63, 3.8) is 0 Å². The van der Waals surface area contributed by atoms with Gasteiger partial charge in [-0.25, -0.2) is 0 Å². The number of nitrogens with one attached hydrogen (secondary N) is 1. The van der Waals surface area contributed by atoms with Crippen LogP contribution in [0.2, 0.25) is 0 Å². The summed E-state index contributed by atoms with van der Waals surface area (Å²) in [5, 5.41) is 2.89. The molecule has 0 aromatic heterocycles. The molecule has 1 atom stereocenters. The largest absolute Gasteiger partial charge is 0.376 e. The van der Waals surface area contributed by atoms with Crippen LogP contribution in [-0.4, -0.2) is 30.9 Å². The van der Waals surface area contributed by atoms with Gasteiger partial charge >= 0.3 is 0 Å². The molecule has 2 rings (SSSR count). The Balaban J connectivity index is 1.75. The highest BCUT2D eigenvalue weighted by Gasteiger charge is 2.17. The Morgan fingerprint density at radius 1 is 1.17 bits per heavy atom. The predicted octanol–water partition coefficient (Wildman–Crippen LogP) is 3.26. The summed E-state index contributed by atoms with van der Waals surface area (Å²) >= 11 is 0. The maximum Gasteiger partial charge on any atom is 0.220 e. The van der Waals surface area contributed by atoms with E-state index in [2.05, 4.69) is 5.32 Å². The molecule has 1 aliphatic heterocycles. The molecular formula is C19H27NO3. The number of rotatable bonds is 7. The summed E-state index contributed by atoms with van der Waals surface area (Å²) in [6.07, 6.45) is 3.65. The lowest BCUT2D eigenvalue weighted by Gasteiger charge is -2.11. The molecule has 4 nitrogen and oxygen atoms in total. The first-order valence-electron chi connectivity index (χ1n) is 8.46. The molecule has 0 spiro atoms. The standard InChI is InChI=1S/C19H27NO3/c1-13-10-14(2)19(15(3)11-13)17(21)7-4-8-18(22)20-12-16-6-5-9-23-16/h10-11,16H,4-9,12H2,1-3H3,(H,20,22)/t16-/m1/s1. The van der Waals surface area contributed by atoms with E-state index in [-0.39, 0.29) is 17.8 Å². The fraction of sp³-hybridized carbons (Fsp3) is 0.579. The van der Waals surface area contributed by atoms with E-state index in [0.29, 0.717) is 25.8 Å². The summed E-state index contributed by atoms with van der Waals surface area (Å²) in [5.74, 6) is 0.137. The van der Waals surface area contributed by atoms with E-state index in [1.807, 2.05) is 32.9 Å². The number of hydrogen-bond acceptors (Lipinski definition) is 3. The summed E-state index contributed by atoms with van der Waals surface area (Å²) in [4.78, 5) is 24.2. The highest BCUT2D eigenvalue weighted by atomic mass is 16.5. The predicted molar refractivity (Wildman–Crippen MR) is 90.8 cm³/mol. The second-order valence-corrected chi connectivity index (χ2v) is 6.49. The molecule has 1 saturated heterocycles. The normalized spacial score (nSPS) is 17.3. The summed E-state index contributed by atoms with van der Waals surface area (Å²) in [6.45, 7) is 7.36. The SMILES string of the molecule is Cc1cc(C)c(C(=O)CCCC(=O)NC[C@H]2CCCO2)c(C)c1. The zero-order valence-electron chi connectivity index (χ0n) is 14.4. The van der Waals surface area contributed by atoms with E-state index in [9.17, 15) is 9.59 Å². The lowest BCUT2D eigenvalue weighted by molar-refractivity contribution is -0.121. The maximum atomic E-state index is 12.4. The first kappa shape index (κ1) is 17.7. The van der Waals surface area contributed by atoms with E-state index >= 15 is 0 Å². The number of hydrogen-bond donors (Lipinski definition) is 1. The number of carbonyl (C=O) groups is 2. The van der Waals surface area contributed by atoms with Crippen molar-refractivity contribution in [2.24, 2.45) is 0 Å². The minimum Gasteiger partial charge on any atom is -0.376 e. The van der Waals surface area contributed by atoms with Gasteiger partial charge in [0.15, 0.2) is 5.78 Å². The van der Waals surface area contributed by atoms with Crippen molar-refractivity contribution in [2.45, 2.75) is 59.0 Å². The van der Waals surface area contributed by atoms with E-state index < -0.39 is 0 Å². The van der Waals surface area contributed by atoms with Gasteiger partial charge in [0.1, 0.15) is 0 Å². The molecule has 0 aliphatic carbocycles. The van der Waals surface area contributed by atoms with Crippen LogP contribution in [0, 0.1) is 20.8 Å². The number of ketones is 1. The Labute approximate surface area is 138 Å². The average molecular weight is 317 g/mol. The van der Waals surface area contributed by atoms with Gasteiger partial charge in [0.25, 0.3) is 0 Å². The fourth-order valence-electron chi connectivity index (χ4n) is 3.28. The monoisotopic (exact) mass is 317 g/mol. The molecule has 0 bridgehead atoms. The lowest BCUT2D eigenvalue weighted by Crippen LogP contribution is -2.31. The van der Waals surface area contributed by atoms with Crippen molar-refractivity contribution >= 4 is 11.7 Å². The number of ether oxygens (including phenoxy) is 1. The van der Waals surface area contributed by atoms with E-state index in [1.54, 1.807) is 0 Å². The molecule has 1 aromatic carbocycles. The number of Topliss-reactive ketones (excluding diaryl/α,β-unsaturated/α-hetero) is 1. The first-order chi connectivity index (χ1) is 11.0. The lowest BCUT2D eigenvalue weighted by atomic mass is 9.94. The second kappa shape index (κ2) is 8.25. The minimum absolute atomic E-state index is 0.00523. The van der Waals surface area contributed by atoms with Crippen LogP contribution in [0.15, 0.2) is 12.1 Å². The third kappa shape index (κ3) is 5.17. The Hall–Kier alpha value is -1.68. The molecule has 0 unspecified atom stereocenters. The van der Waals surface area contributed by atoms with Gasteiger partial charge in [0.2, 0.25) is 5.91 Å². The fourth-order valence-corrected chi connectivity index (χ4v) is 3.28. The van der Waals surface area contributed by atoms with Gasteiger partial charge in [0, 0.05) is 31.6 Å². The van der Waals surface area contributed by atoms with Crippen molar-refractivity contribution in [1.82, 2.24) is 5.32 Å². The quantitative estimate of drug-likeness (QED) is 0.785. The van der Waals surface area contributed by atoms with Crippen LogP contribution in [0.1, 0.15) is 59.2 Å². The Kier molecular flexibility index (Phi) is 6.34. The van der Waals surface area contributed by atoms with Gasteiger partial charge in [-0.3, -0.25) is 9.59 Å². The van der Waals surface area contributed by atoms with Crippen molar-refractivity contribution in [3.05, 3.63) is 34.4 Å². The average Bonchev–Trinajstić information content (AvgIpc) is 2.97. The van der Waals surface area contributed by atoms with Gasteiger partial charge in [-0.1, -0.05) is 17.7 Å². The van der Waals surface area contributed by atoms with E-state index in [0.717, 1.165) is 36.1 Å². The summed E-state index contributed by atoms with van der Waals surface area (Å²) in [5.41, 5.74) is 4.03. The second-order valence-electron chi connectivity index (χ2n) is 6.49. The van der Waals surface area contributed by atoms with Crippen molar-refractivity contribution in [3.8, 4) is 0 Å². The smallest absolute Gasteiger partial charge is 0.220 e. The Morgan fingerprint density at radius 2 is 1.87 bits per heavy atom. The van der Waals surface area contributed by atoms with Crippen LogP contribution >= 0.6 is 0 Å². The molecule has 0 saturated carbocycles. The van der Waals surface area contributed by atoms with Gasteiger partial charge in [-0.2, -0.15) is 0 Å². The van der Waals surface area contributed by atoms with Crippen LogP contribution in [0.25, 0.3) is 0 Å². The molecule has 1 N–H and O–H groups in total. The zero-order valence-corrected chi connectivity index (χ0v) is 14.4. The van der Waals surface area contributed by atoms with Gasteiger partial charge in [-0.05, 0) is 51.2 Å². The summed E-state index contributed by atoms with van der Waals surface area (Å²) in [7, 11) is 0. The Bertz CT molecular complexity index is 551. The number of carbonyl (C=O) groups excluding carboxylic acids is 2. The van der Waals surface area contributed by atoms with Crippen LogP contribution in [0.3, 0.4) is 0 Å². The molecule has 1 aliphatic rings. The van der Waals surface area contributed by atoms with Crippen LogP contribution in [0.5, 0.6) is 0 Å². The van der Waals surface area contributed by atoms with Gasteiger partial charge < -0.3 is 10.1 Å². The first-order valence-corrected chi connectivity index (χ1v) is 8.46. The number of amides is 1. The molecule has 23 heavy (non-hydrogen) atoms. The molecule has 1 aromatic rings. The minimum atomic E-state index is 0.00523. The molecular weight excluding hydrogens is 290 g/mol. The molecule has 126 valence electrons.